The van der Waals surface area contributed by atoms with Gasteiger partial charge in [-0.3, -0.25) is 9.59 Å². The number of para-hydroxylation sites is 1. The van der Waals surface area contributed by atoms with Crippen LogP contribution in [-0.4, -0.2) is 10.5 Å². The molecule has 0 atom stereocenters. The zero-order valence-electron chi connectivity index (χ0n) is 15.8. The van der Waals surface area contributed by atoms with Gasteiger partial charge in [0.15, 0.2) is 5.43 Å². The number of aryl methyl sites for hydroxylation is 1. The maximum atomic E-state index is 12.9. The number of carbonyl (C=O) groups is 1. The van der Waals surface area contributed by atoms with Crippen molar-refractivity contribution < 1.29 is 4.79 Å². The van der Waals surface area contributed by atoms with Crippen LogP contribution in [0.25, 0.3) is 0 Å². The number of anilines is 1. The molecular formula is C21H27ClN2O2. The molecule has 1 N–H and O–H groups in total. The Morgan fingerprint density at radius 1 is 1.15 bits per heavy atom. The summed E-state index contributed by atoms with van der Waals surface area (Å²) in [5.74, 6) is -0.393. The minimum absolute atomic E-state index is 0.230. The molecule has 0 spiro atoms. The molecule has 1 aromatic heterocycles. The van der Waals surface area contributed by atoms with Crippen LogP contribution < -0.4 is 10.7 Å². The number of halogens is 1. The summed E-state index contributed by atoms with van der Waals surface area (Å²) in [4.78, 5) is 25.5. The quantitative estimate of drug-likeness (QED) is 0.645. The Bertz CT molecular complexity index is 827. The van der Waals surface area contributed by atoms with Crippen LogP contribution in [0.15, 0.2) is 35.1 Å². The van der Waals surface area contributed by atoms with E-state index in [4.69, 9.17) is 11.6 Å². The van der Waals surface area contributed by atoms with Gasteiger partial charge in [-0.1, -0.05) is 56.8 Å². The molecule has 4 nitrogen and oxygen atoms in total. The van der Waals surface area contributed by atoms with E-state index in [1.807, 2.05) is 6.92 Å². The van der Waals surface area contributed by atoms with Crippen LogP contribution in [0.1, 0.15) is 61.3 Å². The normalized spacial score (nSPS) is 10.8. The van der Waals surface area contributed by atoms with Crippen molar-refractivity contribution in [3.63, 3.8) is 0 Å². The van der Waals surface area contributed by atoms with E-state index in [1.165, 1.54) is 0 Å². The molecule has 0 saturated heterocycles. The average Bonchev–Trinajstić information content (AvgIpc) is 2.59. The van der Waals surface area contributed by atoms with Gasteiger partial charge in [-0.2, -0.15) is 0 Å². The van der Waals surface area contributed by atoms with Gasteiger partial charge in [0, 0.05) is 24.0 Å². The predicted octanol–water partition coefficient (Wildman–Crippen LogP) is 5.21. The lowest BCUT2D eigenvalue weighted by Gasteiger charge is -2.20. The number of unbranched alkanes of at least 4 members (excludes halogenated alkanes) is 2. The van der Waals surface area contributed by atoms with Gasteiger partial charge in [0.05, 0.1) is 10.7 Å². The predicted molar refractivity (Wildman–Crippen MR) is 108 cm³/mol. The summed E-state index contributed by atoms with van der Waals surface area (Å²) in [6.07, 6.45) is 4.83. The SMILES string of the molecule is CCCCCn1c(C)cc(=O)c(C(=O)Nc2ccccc2Cl)c1CCC. The van der Waals surface area contributed by atoms with Gasteiger partial charge in [0.1, 0.15) is 5.56 Å². The van der Waals surface area contributed by atoms with Crippen LogP contribution in [0, 0.1) is 6.92 Å². The minimum Gasteiger partial charge on any atom is -0.348 e. The van der Waals surface area contributed by atoms with Gasteiger partial charge in [0.25, 0.3) is 5.91 Å². The summed E-state index contributed by atoms with van der Waals surface area (Å²) in [5.41, 5.74) is 2.23. The van der Waals surface area contributed by atoms with E-state index in [0.29, 0.717) is 17.1 Å². The first-order valence-corrected chi connectivity index (χ1v) is 9.66. The molecule has 0 bridgehead atoms. The van der Waals surface area contributed by atoms with E-state index in [-0.39, 0.29) is 11.0 Å². The highest BCUT2D eigenvalue weighted by Crippen LogP contribution is 2.22. The number of hydrogen-bond donors (Lipinski definition) is 1. The van der Waals surface area contributed by atoms with Crippen LogP contribution in [0.5, 0.6) is 0 Å². The molecule has 1 amide bonds. The minimum atomic E-state index is -0.393. The number of pyridine rings is 1. The summed E-state index contributed by atoms with van der Waals surface area (Å²) >= 11 is 6.14. The number of nitrogens with one attached hydrogen (secondary N) is 1. The van der Waals surface area contributed by atoms with Gasteiger partial charge in [0.2, 0.25) is 0 Å². The van der Waals surface area contributed by atoms with Crippen molar-refractivity contribution in [3.8, 4) is 0 Å². The first-order valence-electron chi connectivity index (χ1n) is 9.28. The summed E-state index contributed by atoms with van der Waals surface area (Å²) in [5, 5.41) is 3.25. The standard InChI is InChI=1S/C21H27ClN2O2/c1-4-6-9-13-24-15(3)14-19(25)20(18(24)10-5-2)21(26)23-17-12-8-7-11-16(17)22/h7-8,11-12,14H,4-6,9-10,13H2,1-3H3,(H,23,26). The second kappa shape index (κ2) is 9.58. The molecule has 2 aromatic rings. The fourth-order valence-corrected chi connectivity index (χ4v) is 3.33. The molecule has 0 aliphatic rings. The first kappa shape index (κ1) is 20.2. The summed E-state index contributed by atoms with van der Waals surface area (Å²) < 4.78 is 2.13. The van der Waals surface area contributed by atoms with Gasteiger partial charge >= 0.3 is 0 Å². The highest BCUT2D eigenvalue weighted by atomic mass is 35.5. The molecule has 140 valence electrons. The summed E-state index contributed by atoms with van der Waals surface area (Å²) in [6, 6.07) is 8.60. The summed E-state index contributed by atoms with van der Waals surface area (Å²) in [6.45, 7) is 6.97. The van der Waals surface area contributed by atoms with E-state index >= 15 is 0 Å². The third-order valence-corrected chi connectivity index (χ3v) is 4.78. The van der Waals surface area contributed by atoms with Crippen LogP contribution in [0.3, 0.4) is 0 Å². The Morgan fingerprint density at radius 3 is 2.54 bits per heavy atom. The lowest BCUT2D eigenvalue weighted by Crippen LogP contribution is -2.28. The molecule has 1 heterocycles. The number of benzene rings is 1. The van der Waals surface area contributed by atoms with Crippen molar-refractivity contribution in [1.82, 2.24) is 4.57 Å². The van der Waals surface area contributed by atoms with E-state index in [2.05, 4.69) is 23.7 Å². The van der Waals surface area contributed by atoms with Crippen molar-refractivity contribution in [1.29, 1.82) is 0 Å². The number of nitrogens with zero attached hydrogens (tertiary/aromatic N) is 1. The number of hydrogen-bond acceptors (Lipinski definition) is 2. The number of carbonyl (C=O) groups excluding carboxylic acids is 1. The maximum absolute atomic E-state index is 12.9. The zero-order chi connectivity index (χ0) is 19.1. The Balaban J connectivity index is 2.45. The molecule has 5 heteroatoms. The molecule has 2 rings (SSSR count). The molecule has 26 heavy (non-hydrogen) atoms. The fraction of sp³-hybridized carbons (Fsp3) is 0.429. The number of amides is 1. The van der Waals surface area contributed by atoms with Crippen LogP contribution in [0.2, 0.25) is 5.02 Å². The molecular weight excluding hydrogens is 348 g/mol. The van der Waals surface area contributed by atoms with E-state index in [0.717, 1.165) is 43.6 Å². The van der Waals surface area contributed by atoms with Crippen LogP contribution in [-0.2, 0) is 13.0 Å². The van der Waals surface area contributed by atoms with Gasteiger partial charge < -0.3 is 9.88 Å². The molecule has 0 aliphatic heterocycles. The Hall–Kier alpha value is -2.07. The second-order valence-electron chi connectivity index (χ2n) is 6.51. The summed E-state index contributed by atoms with van der Waals surface area (Å²) in [7, 11) is 0. The van der Waals surface area contributed by atoms with Crippen molar-refractivity contribution in [2.75, 3.05) is 5.32 Å². The molecule has 0 saturated carbocycles. The third-order valence-electron chi connectivity index (χ3n) is 4.45. The fourth-order valence-electron chi connectivity index (χ4n) is 3.15. The van der Waals surface area contributed by atoms with E-state index in [1.54, 1.807) is 30.3 Å². The monoisotopic (exact) mass is 374 g/mol. The first-order chi connectivity index (χ1) is 12.5. The molecule has 0 radical (unpaired) electrons. The second-order valence-corrected chi connectivity index (χ2v) is 6.92. The Morgan fingerprint density at radius 2 is 1.88 bits per heavy atom. The molecule has 0 aliphatic carbocycles. The third kappa shape index (κ3) is 4.76. The van der Waals surface area contributed by atoms with Crippen molar-refractivity contribution >= 4 is 23.2 Å². The van der Waals surface area contributed by atoms with Crippen LogP contribution >= 0.6 is 11.6 Å². The van der Waals surface area contributed by atoms with Crippen molar-refractivity contribution in [2.24, 2.45) is 0 Å². The van der Waals surface area contributed by atoms with Crippen molar-refractivity contribution in [2.45, 2.75) is 59.4 Å². The largest absolute Gasteiger partial charge is 0.348 e. The smallest absolute Gasteiger partial charge is 0.261 e. The van der Waals surface area contributed by atoms with Crippen molar-refractivity contribution in [3.05, 3.63) is 62.5 Å². The van der Waals surface area contributed by atoms with Gasteiger partial charge in [-0.25, -0.2) is 0 Å². The Labute approximate surface area is 160 Å². The molecule has 0 fully saturated rings. The molecule has 0 unspecified atom stereocenters. The lowest BCUT2D eigenvalue weighted by atomic mass is 10.1. The number of rotatable bonds is 8. The maximum Gasteiger partial charge on any atom is 0.261 e. The van der Waals surface area contributed by atoms with E-state index < -0.39 is 5.91 Å². The Kier molecular flexibility index (Phi) is 7.46. The van der Waals surface area contributed by atoms with Crippen LogP contribution in [0.4, 0.5) is 5.69 Å². The number of aromatic nitrogens is 1. The van der Waals surface area contributed by atoms with E-state index in [9.17, 15) is 9.59 Å². The topological polar surface area (TPSA) is 51.1 Å². The van der Waals surface area contributed by atoms with Gasteiger partial charge in [-0.05, 0) is 31.9 Å². The average molecular weight is 375 g/mol. The lowest BCUT2D eigenvalue weighted by molar-refractivity contribution is 0.102. The highest BCUT2D eigenvalue weighted by Gasteiger charge is 2.20. The molecule has 1 aromatic carbocycles. The van der Waals surface area contributed by atoms with Gasteiger partial charge in [-0.15, -0.1) is 0 Å². The zero-order valence-corrected chi connectivity index (χ0v) is 16.5. The highest BCUT2D eigenvalue weighted by molar-refractivity contribution is 6.33.